The van der Waals surface area contributed by atoms with E-state index in [-0.39, 0.29) is 16.6 Å². The largest absolute Gasteiger partial charge is 0.315 e. The lowest BCUT2D eigenvalue weighted by Gasteiger charge is -2.23. The number of nitro groups is 1. The highest BCUT2D eigenvalue weighted by molar-refractivity contribution is 7.89. The van der Waals surface area contributed by atoms with Gasteiger partial charge in [0.2, 0.25) is 10.0 Å². The van der Waals surface area contributed by atoms with Crippen molar-refractivity contribution < 1.29 is 13.3 Å². The molecule has 0 aliphatic carbocycles. The molecule has 0 bridgehead atoms. The van der Waals surface area contributed by atoms with Crippen LogP contribution in [0, 0.1) is 23.0 Å². The van der Waals surface area contributed by atoms with E-state index >= 15 is 0 Å². The second-order valence-electron chi connectivity index (χ2n) is 5.57. The fraction of sp³-hybridized carbons (Fsp3) is 0.538. The van der Waals surface area contributed by atoms with E-state index < -0.39 is 14.9 Å². The Morgan fingerprint density at radius 1 is 1.38 bits per heavy atom. The van der Waals surface area contributed by atoms with Gasteiger partial charge in [0.15, 0.2) is 4.90 Å². The molecule has 0 radical (unpaired) electrons. The number of rotatable bonds is 3. The molecule has 2 saturated heterocycles. The highest BCUT2D eigenvalue weighted by atomic mass is 32.2. The Morgan fingerprint density at radius 3 is 2.86 bits per heavy atom. The maximum atomic E-state index is 12.9. The number of hydrogen-bond donors (Lipinski definition) is 1. The van der Waals surface area contributed by atoms with Gasteiger partial charge in [-0.25, -0.2) is 8.42 Å². The summed E-state index contributed by atoms with van der Waals surface area (Å²) in [5, 5.41) is 14.4. The van der Waals surface area contributed by atoms with Crippen LogP contribution in [0.5, 0.6) is 0 Å². The van der Waals surface area contributed by atoms with Crippen molar-refractivity contribution in [2.24, 2.45) is 5.92 Å². The molecule has 0 unspecified atom stereocenters. The first-order valence-corrected chi connectivity index (χ1v) is 8.33. The molecule has 2 aliphatic heterocycles. The first-order chi connectivity index (χ1) is 9.93. The zero-order chi connectivity index (χ0) is 15.2. The van der Waals surface area contributed by atoms with Gasteiger partial charge in [0.05, 0.1) is 4.92 Å². The summed E-state index contributed by atoms with van der Waals surface area (Å²) in [6.07, 6.45) is 0.802. The summed E-state index contributed by atoms with van der Waals surface area (Å²) < 4.78 is 27.3. The Hall–Kier alpha value is -1.51. The lowest BCUT2D eigenvalue weighted by atomic mass is 10.1. The molecule has 0 spiro atoms. The number of benzene rings is 1. The fourth-order valence-corrected chi connectivity index (χ4v) is 5.41. The minimum absolute atomic E-state index is 0.0887. The molecule has 7 nitrogen and oxygen atoms in total. The zero-order valence-electron chi connectivity index (χ0n) is 11.7. The van der Waals surface area contributed by atoms with Crippen LogP contribution in [0.3, 0.4) is 0 Å². The second-order valence-corrected chi connectivity index (χ2v) is 7.40. The smallest absolute Gasteiger partial charge is 0.289 e. The lowest BCUT2D eigenvalue weighted by Crippen LogP contribution is -2.39. The number of sulfonamides is 1. The second kappa shape index (κ2) is 5.04. The Balaban J connectivity index is 2.09. The number of nitro benzene ring substituents is 1. The number of aryl methyl sites for hydroxylation is 1. The van der Waals surface area contributed by atoms with Crippen molar-refractivity contribution in [3.63, 3.8) is 0 Å². The van der Waals surface area contributed by atoms with E-state index in [4.69, 9.17) is 0 Å². The van der Waals surface area contributed by atoms with E-state index in [1.807, 2.05) is 0 Å². The molecule has 2 fully saturated rings. The maximum absolute atomic E-state index is 12.9. The van der Waals surface area contributed by atoms with E-state index in [1.54, 1.807) is 13.0 Å². The van der Waals surface area contributed by atoms with Crippen LogP contribution in [0.15, 0.2) is 23.1 Å². The summed E-state index contributed by atoms with van der Waals surface area (Å²) in [4.78, 5) is 10.4. The Kier molecular flexibility index (Phi) is 3.46. The Bertz CT molecular complexity index is 689. The van der Waals surface area contributed by atoms with Crippen molar-refractivity contribution in [1.82, 2.24) is 9.62 Å². The molecule has 2 heterocycles. The summed E-state index contributed by atoms with van der Waals surface area (Å²) in [7, 11) is -3.85. The first kappa shape index (κ1) is 14.4. The van der Waals surface area contributed by atoms with Crippen molar-refractivity contribution in [3.8, 4) is 0 Å². The third-order valence-corrected chi connectivity index (χ3v) is 6.47. The lowest BCUT2D eigenvalue weighted by molar-refractivity contribution is -0.387. The first-order valence-electron chi connectivity index (χ1n) is 6.89. The van der Waals surface area contributed by atoms with Crippen molar-refractivity contribution in [2.45, 2.75) is 24.3 Å². The van der Waals surface area contributed by atoms with Crippen LogP contribution in [0.1, 0.15) is 12.0 Å². The van der Waals surface area contributed by atoms with Crippen LogP contribution in [-0.4, -0.2) is 43.3 Å². The minimum Gasteiger partial charge on any atom is -0.315 e. The van der Waals surface area contributed by atoms with Crippen molar-refractivity contribution in [1.29, 1.82) is 0 Å². The normalized spacial score (nSPS) is 26.0. The third-order valence-electron chi connectivity index (χ3n) is 4.35. The fourth-order valence-electron chi connectivity index (χ4n) is 3.34. The molecule has 114 valence electrons. The zero-order valence-corrected chi connectivity index (χ0v) is 12.5. The van der Waals surface area contributed by atoms with Crippen LogP contribution in [-0.2, 0) is 10.0 Å². The quantitative estimate of drug-likeness (QED) is 0.661. The van der Waals surface area contributed by atoms with Gasteiger partial charge in [0.25, 0.3) is 5.69 Å². The van der Waals surface area contributed by atoms with E-state index in [1.165, 1.54) is 16.4 Å². The van der Waals surface area contributed by atoms with Crippen LogP contribution in [0.4, 0.5) is 5.69 Å². The molecule has 1 aromatic carbocycles. The van der Waals surface area contributed by atoms with Gasteiger partial charge in [0.1, 0.15) is 0 Å². The van der Waals surface area contributed by atoms with Crippen molar-refractivity contribution in [3.05, 3.63) is 33.9 Å². The molecule has 0 saturated carbocycles. The van der Waals surface area contributed by atoms with E-state index in [0.717, 1.165) is 13.0 Å². The van der Waals surface area contributed by atoms with Crippen LogP contribution in [0.2, 0.25) is 0 Å². The van der Waals surface area contributed by atoms with Gasteiger partial charge in [-0.2, -0.15) is 4.31 Å². The molecular weight excluding hydrogens is 294 g/mol. The number of nitrogens with zero attached hydrogens (tertiary/aromatic N) is 2. The molecule has 1 aromatic rings. The van der Waals surface area contributed by atoms with Crippen LogP contribution in [0.25, 0.3) is 0 Å². The highest BCUT2D eigenvalue weighted by Crippen LogP contribution is 2.36. The van der Waals surface area contributed by atoms with Gasteiger partial charge >= 0.3 is 0 Å². The van der Waals surface area contributed by atoms with Gasteiger partial charge in [0, 0.05) is 25.2 Å². The average molecular weight is 311 g/mol. The topological polar surface area (TPSA) is 92.5 Å². The molecule has 0 aromatic heterocycles. The molecule has 0 amide bonds. The molecule has 2 aliphatic rings. The predicted octanol–water partition coefficient (Wildman–Crippen LogP) is 0.886. The monoisotopic (exact) mass is 311 g/mol. The molecule has 1 N–H and O–H groups in total. The average Bonchev–Trinajstić information content (AvgIpc) is 2.99. The molecular formula is C13H17N3O4S. The Labute approximate surface area is 123 Å². The van der Waals surface area contributed by atoms with E-state index in [2.05, 4.69) is 5.32 Å². The number of fused-ring (bicyclic) bond motifs is 1. The third kappa shape index (κ3) is 2.23. The van der Waals surface area contributed by atoms with Crippen molar-refractivity contribution in [2.75, 3.05) is 19.6 Å². The van der Waals surface area contributed by atoms with Crippen LogP contribution < -0.4 is 5.32 Å². The SMILES string of the molecule is Cc1cccc([N+](=O)[O-])c1S(=O)(=O)N1CC[C@H]2CNC[C@H]21. The van der Waals surface area contributed by atoms with Crippen molar-refractivity contribution >= 4 is 15.7 Å². The highest BCUT2D eigenvalue weighted by Gasteiger charge is 2.45. The maximum Gasteiger partial charge on any atom is 0.289 e. The number of nitrogens with one attached hydrogen (secondary N) is 1. The summed E-state index contributed by atoms with van der Waals surface area (Å²) in [6.45, 7) is 3.46. The summed E-state index contributed by atoms with van der Waals surface area (Å²) in [5.41, 5.74) is 0.0722. The standard InChI is InChI=1S/C13H17N3O4S/c1-9-3-2-4-11(16(17)18)13(9)21(19,20)15-6-5-10-7-14-8-12(10)15/h2-4,10,12,14H,5-8H2,1H3/t10-,12+/m0/s1. The molecule has 21 heavy (non-hydrogen) atoms. The molecule has 8 heteroatoms. The van der Waals surface area contributed by atoms with Gasteiger partial charge < -0.3 is 5.32 Å². The summed E-state index contributed by atoms with van der Waals surface area (Å²) in [5.74, 6) is 0.308. The molecule has 2 atom stereocenters. The number of hydrogen-bond acceptors (Lipinski definition) is 5. The van der Waals surface area contributed by atoms with Gasteiger partial charge in [-0.3, -0.25) is 10.1 Å². The summed E-state index contributed by atoms with van der Waals surface area (Å²) >= 11 is 0. The molecule has 3 rings (SSSR count). The van der Waals surface area contributed by atoms with Gasteiger partial charge in [-0.1, -0.05) is 12.1 Å². The van der Waals surface area contributed by atoms with Gasteiger partial charge in [-0.05, 0) is 31.4 Å². The minimum atomic E-state index is -3.85. The Morgan fingerprint density at radius 2 is 2.14 bits per heavy atom. The van der Waals surface area contributed by atoms with E-state index in [9.17, 15) is 18.5 Å². The van der Waals surface area contributed by atoms with E-state index in [0.29, 0.717) is 24.6 Å². The predicted molar refractivity (Wildman–Crippen MR) is 76.5 cm³/mol. The summed E-state index contributed by atoms with van der Waals surface area (Å²) in [6, 6.07) is 4.27. The van der Waals surface area contributed by atoms with Crippen LogP contribution >= 0.6 is 0 Å². The van der Waals surface area contributed by atoms with Gasteiger partial charge in [-0.15, -0.1) is 0 Å².